The van der Waals surface area contributed by atoms with Crippen molar-refractivity contribution in [1.82, 2.24) is 0 Å². The minimum atomic E-state index is -0.664. The Kier molecular flexibility index (Phi) is 6.73. The van der Waals surface area contributed by atoms with Crippen molar-refractivity contribution < 1.29 is 14.3 Å². The van der Waals surface area contributed by atoms with Crippen molar-refractivity contribution in [2.24, 2.45) is 0 Å². The zero-order chi connectivity index (χ0) is 9.23. The Morgan fingerprint density at radius 1 is 1.58 bits per heavy atom. The molecule has 1 aromatic heterocycles. The van der Waals surface area contributed by atoms with Gasteiger partial charge in [0.05, 0.1) is 7.11 Å². The topological polar surface area (TPSA) is 62.7 Å². The number of esters is 1. The van der Waals surface area contributed by atoms with Crippen molar-refractivity contribution in [3.63, 3.8) is 0 Å². The van der Waals surface area contributed by atoms with Crippen LogP contribution < -0.4 is 0 Å². The summed E-state index contributed by atoms with van der Waals surface area (Å²) in [5.74, 6) is -0.664. The molecule has 0 saturated heterocycles. The summed E-state index contributed by atoms with van der Waals surface area (Å²) >= 11 is 1.71. The fraction of sp³-hybridized carbons (Fsp3) is 0.143. The number of nitrogens with zero attached hydrogens (tertiary/aromatic N) is 2. The largest absolute Gasteiger partial charge is 0.461 e. The molecule has 64 valence electrons. The van der Waals surface area contributed by atoms with E-state index in [0.717, 1.165) is 0 Å². The van der Waals surface area contributed by atoms with Crippen LogP contribution in [-0.4, -0.2) is 24.1 Å². The second kappa shape index (κ2) is 7.65. The predicted octanol–water partition coefficient (Wildman–Crippen LogP) is 1.21. The maximum Gasteiger partial charge on any atom is 0.413 e. The van der Waals surface area contributed by atoms with Gasteiger partial charge in [0, 0.05) is 0 Å². The molecule has 0 aliphatic heterocycles. The van der Waals surface area contributed by atoms with Crippen LogP contribution in [0.25, 0.3) is 5.53 Å². The molecule has 0 bridgehead atoms. The lowest BCUT2D eigenvalue weighted by molar-refractivity contribution is -0.136. The van der Waals surface area contributed by atoms with Gasteiger partial charge < -0.3 is 10.3 Å². The summed E-state index contributed by atoms with van der Waals surface area (Å²) in [6.45, 7) is 0. The fourth-order valence-corrected chi connectivity index (χ4v) is 0.780. The van der Waals surface area contributed by atoms with Crippen molar-refractivity contribution in [2.75, 3.05) is 7.11 Å². The summed E-state index contributed by atoms with van der Waals surface area (Å²) < 4.78 is 4.04. The molecule has 0 N–H and O–H groups in total. The van der Waals surface area contributed by atoms with Crippen molar-refractivity contribution in [1.29, 1.82) is 0 Å². The van der Waals surface area contributed by atoms with Crippen molar-refractivity contribution in [3.8, 4) is 0 Å². The molecule has 0 amide bonds. The van der Waals surface area contributed by atoms with Gasteiger partial charge in [-0.15, -0.1) is 0 Å². The average molecular weight is 184 g/mol. The van der Waals surface area contributed by atoms with Crippen LogP contribution in [0.1, 0.15) is 0 Å². The molecule has 1 heterocycles. The smallest absolute Gasteiger partial charge is 0.413 e. The second-order valence-electron chi connectivity index (χ2n) is 1.56. The van der Waals surface area contributed by atoms with Gasteiger partial charge >= 0.3 is 12.2 Å². The molecule has 1 rings (SSSR count). The molecular weight excluding hydrogens is 176 g/mol. The SMILES string of the molecule is COC(=O)C=[N+]=[N-].c1ccsc1. The van der Waals surface area contributed by atoms with Crippen LogP contribution in [0.5, 0.6) is 0 Å². The summed E-state index contributed by atoms with van der Waals surface area (Å²) in [6, 6.07) is 4.04. The van der Waals surface area contributed by atoms with Gasteiger partial charge in [-0.1, -0.05) is 12.1 Å². The molecule has 0 aliphatic rings. The van der Waals surface area contributed by atoms with E-state index in [2.05, 4.69) is 9.53 Å². The van der Waals surface area contributed by atoms with E-state index in [1.807, 2.05) is 22.9 Å². The zero-order valence-electron chi connectivity index (χ0n) is 6.51. The number of methoxy groups -OCH3 is 1. The lowest BCUT2D eigenvalue weighted by atomic mass is 10.7. The minimum absolute atomic E-state index is 0.664. The second-order valence-corrected chi connectivity index (χ2v) is 2.38. The number of hydrogen-bond donors (Lipinski definition) is 0. The summed E-state index contributed by atoms with van der Waals surface area (Å²) in [4.78, 5) is 12.3. The van der Waals surface area contributed by atoms with E-state index < -0.39 is 5.97 Å². The molecular formula is C7H8N2O2S. The average Bonchev–Trinajstić information content (AvgIpc) is 2.62. The third kappa shape index (κ3) is 6.67. The van der Waals surface area contributed by atoms with E-state index in [9.17, 15) is 4.79 Å². The van der Waals surface area contributed by atoms with Gasteiger partial charge in [0.15, 0.2) is 0 Å². The van der Waals surface area contributed by atoms with Crippen molar-refractivity contribution in [2.45, 2.75) is 0 Å². The Hall–Kier alpha value is -1.45. The molecule has 0 atom stereocenters. The monoisotopic (exact) mass is 184 g/mol. The predicted molar refractivity (Wildman–Crippen MR) is 46.0 cm³/mol. The fourth-order valence-electron chi connectivity index (χ4n) is 0.327. The normalized spacial score (nSPS) is 7.08. The highest BCUT2D eigenvalue weighted by Gasteiger charge is 1.94. The van der Waals surface area contributed by atoms with E-state index in [0.29, 0.717) is 6.21 Å². The van der Waals surface area contributed by atoms with Crippen LogP contribution in [0, 0.1) is 0 Å². The summed E-state index contributed by atoms with van der Waals surface area (Å²) in [5, 5.41) is 4.08. The first-order valence-corrected chi connectivity index (χ1v) is 3.98. The number of rotatable bonds is 1. The Labute approximate surface area is 74.0 Å². The summed E-state index contributed by atoms with van der Waals surface area (Å²) in [5.41, 5.74) is 7.64. The lowest BCUT2D eigenvalue weighted by Crippen LogP contribution is -2.00. The van der Waals surface area contributed by atoms with E-state index in [1.165, 1.54) is 7.11 Å². The van der Waals surface area contributed by atoms with Gasteiger partial charge in [-0.25, -0.2) is 4.79 Å². The number of hydrogen-bond acceptors (Lipinski definition) is 3. The van der Waals surface area contributed by atoms with Crippen LogP contribution in [0.2, 0.25) is 0 Å². The van der Waals surface area contributed by atoms with Gasteiger partial charge in [-0.3, -0.25) is 0 Å². The van der Waals surface area contributed by atoms with E-state index in [4.69, 9.17) is 5.53 Å². The third-order valence-corrected chi connectivity index (χ3v) is 1.42. The highest BCUT2D eigenvalue weighted by Crippen LogP contribution is 1.91. The van der Waals surface area contributed by atoms with E-state index in [-0.39, 0.29) is 0 Å². The number of carbonyl (C=O) groups is 1. The summed E-state index contributed by atoms with van der Waals surface area (Å²) in [6.07, 6.45) is 0.667. The molecule has 0 unspecified atom stereocenters. The molecule has 1 aromatic rings. The molecule has 4 nitrogen and oxygen atoms in total. The highest BCUT2D eigenvalue weighted by molar-refractivity contribution is 7.07. The Morgan fingerprint density at radius 2 is 2.17 bits per heavy atom. The lowest BCUT2D eigenvalue weighted by Gasteiger charge is -1.77. The quantitative estimate of drug-likeness (QED) is 0.285. The number of thiophene rings is 1. The van der Waals surface area contributed by atoms with E-state index >= 15 is 0 Å². The zero-order valence-corrected chi connectivity index (χ0v) is 7.32. The number of carbonyl (C=O) groups excluding carboxylic acids is 1. The first kappa shape index (κ1) is 10.6. The minimum Gasteiger partial charge on any atom is -0.461 e. The Balaban J connectivity index is 0.000000211. The van der Waals surface area contributed by atoms with Crippen molar-refractivity contribution in [3.05, 3.63) is 28.4 Å². The maximum atomic E-state index is 9.88. The van der Waals surface area contributed by atoms with Gasteiger partial charge in [-0.2, -0.15) is 16.1 Å². The maximum absolute atomic E-state index is 9.88. The highest BCUT2D eigenvalue weighted by atomic mass is 32.1. The van der Waals surface area contributed by atoms with Gasteiger partial charge in [0.25, 0.3) is 0 Å². The third-order valence-electron chi connectivity index (χ3n) is 0.790. The summed E-state index contributed by atoms with van der Waals surface area (Å²) in [7, 11) is 1.20. The first-order valence-electron chi connectivity index (χ1n) is 3.03. The standard InChI is InChI=1S/C4H4S.C3H4N2O2/c1-2-4-5-3-1;1-7-3(6)2-5-4/h1-4H;2H,1H3. The molecule has 0 saturated carbocycles. The van der Waals surface area contributed by atoms with E-state index in [1.54, 1.807) is 11.3 Å². The van der Waals surface area contributed by atoms with Crippen molar-refractivity contribution >= 4 is 23.5 Å². The van der Waals surface area contributed by atoms with Gasteiger partial charge in [0.2, 0.25) is 0 Å². The Morgan fingerprint density at radius 3 is 2.33 bits per heavy atom. The molecule has 12 heavy (non-hydrogen) atoms. The number of ether oxygens (including phenoxy) is 1. The molecule has 0 aliphatic carbocycles. The van der Waals surface area contributed by atoms with Crippen LogP contribution >= 0.6 is 11.3 Å². The van der Waals surface area contributed by atoms with Crippen LogP contribution in [0.3, 0.4) is 0 Å². The Bertz CT molecular complexity index is 235. The molecule has 0 aromatic carbocycles. The van der Waals surface area contributed by atoms with Crippen LogP contribution in [-0.2, 0) is 9.53 Å². The van der Waals surface area contributed by atoms with Gasteiger partial charge in [0.1, 0.15) is 0 Å². The van der Waals surface area contributed by atoms with Gasteiger partial charge in [-0.05, 0) is 10.8 Å². The van der Waals surface area contributed by atoms with Crippen LogP contribution in [0.15, 0.2) is 22.9 Å². The molecule has 0 radical (unpaired) electrons. The molecule has 0 fully saturated rings. The molecule has 0 spiro atoms. The first-order chi connectivity index (χ1) is 5.81. The van der Waals surface area contributed by atoms with Crippen LogP contribution in [0.4, 0.5) is 0 Å². The molecule has 5 heteroatoms.